The van der Waals surface area contributed by atoms with E-state index in [4.69, 9.17) is 27.9 Å². The van der Waals surface area contributed by atoms with Crippen LogP contribution in [0.4, 0.5) is 0 Å². The van der Waals surface area contributed by atoms with Gasteiger partial charge in [0.2, 0.25) is 0 Å². The summed E-state index contributed by atoms with van der Waals surface area (Å²) >= 11 is 15.7. The Morgan fingerprint density at radius 3 is 2.45 bits per heavy atom. The van der Waals surface area contributed by atoms with E-state index in [9.17, 15) is 5.11 Å². The standard InChI is InChI=1S/C22H20BrCl2NO2.ClH/c23-18-7-9-22(28-14-16-6-8-19(24)11-20(16)25)17(10-18)12-26-13-21(27)15-4-2-1-3-5-15;/h1-11,21,26-27H,12-14H2;1H. The highest BCUT2D eigenvalue weighted by Crippen LogP contribution is 2.26. The van der Waals surface area contributed by atoms with Crippen LogP contribution in [0.5, 0.6) is 5.75 Å². The minimum Gasteiger partial charge on any atom is -0.489 e. The van der Waals surface area contributed by atoms with Gasteiger partial charge in [-0.05, 0) is 35.9 Å². The van der Waals surface area contributed by atoms with Crippen LogP contribution in [0, 0.1) is 0 Å². The molecule has 0 aliphatic heterocycles. The summed E-state index contributed by atoms with van der Waals surface area (Å²) in [6.07, 6.45) is -0.564. The fourth-order valence-electron chi connectivity index (χ4n) is 2.76. The molecule has 3 aromatic carbocycles. The molecule has 1 atom stereocenters. The molecular formula is C22H21BrCl3NO2. The van der Waals surface area contributed by atoms with Gasteiger partial charge in [0, 0.05) is 38.7 Å². The zero-order valence-electron chi connectivity index (χ0n) is 15.4. The molecule has 0 radical (unpaired) electrons. The number of hydrogen-bond acceptors (Lipinski definition) is 3. The van der Waals surface area contributed by atoms with Gasteiger partial charge in [-0.1, -0.05) is 75.5 Å². The van der Waals surface area contributed by atoms with Crippen molar-refractivity contribution in [1.29, 1.82) is 0 Å². The van der Waals surface area contributed by atoms with E-state index >= 15 is 0 Å². The summed E-state index contributed by atoms with van der Waals surface area (Å²) in [5.74, 6) is 0.760. The summed E-state index contributed by atoms with van der Waals surface area (Å²) in [6, 6.07) is 20.8. The molecule has 7 heteroatoms. The topological polar surface area (TPSA) is 41.5 Å². The highest BCUT2D eigenvalue weighted by molar-refractivity contribution is 9.10. The molecule has 0 aromatic heterocycles. The largest absolute Gasteiger partial charge is 0.489 e. The SMILES string of the molecule is Cl.OC(CNCc1cc(Br)ccc1OCc1ccc(Cl)cc1Cl)c1ccccc1. The number of halogens is 4. The number of aliphatic hydroxyl groups excluding tert-OH is 1. The number of ether oxygens (including phenoxy) is 1. The summed E-state index contributed by atoms with van der Waals surface area (Å²) in [7, 11) is 0. The third-order valence-corrected chi connectivity index (χ3v) is 5.34. The lowest BCUT2D eigenvalue weighted by Crippen LogP contribution is -2.21. The normalized spacial score (nSPS) is 11.6. The van der Waals surface area contributed by atoms with Gasteiger partial charge >= 0.3 is 0 Å². The molecule has 0 amide bonds. The summed E-state index contributed by atoms with van der Waals surface area (Å²) in [5, 5.41) is 14.8. The van der Waals surface area contributed by atoms with E-state index in [1.54, 1.807) is 12.1 Å². The Morgan fingerprint density at radius 2 is 1.72 bits per heavy atom. The first-order valence-electron chi connectivity index (χ1n) is 8.82. The maximum Gasteiger partial charge on any atom is 0.124 e. The Hall–Kier alpha value is -1.27. The van der Waals surface area contributed by atoms with Crippen LogP contribution in [-0.2, 0) is 13.2 Å². The Labute approximate surface area is 195 Å². The average molecular weight is 518 g/mol. The Balaban J connectivity index is 0.00000300. The van der Waals surface area contributed by atoms with E-state index in [0.717, 1.165) is 26.9 Å². The van der Waals surface area contributed by atoms with Crippen LogP contribution in [0.1, 0.15) is 22.8 Å². The lowest BCUT2D eigenvalue weighted by Gasteiger charge is -2.15. The van der Waals surface area contributed by atoms with E-state index in [0.29, 0.717) is 29.7 Å². The lowest BCUT2D eigenvalue weighted by atomic mass is 10.1. The van der Waals surface area contributed by atoms with Crippen molar-refractivity contribution in [3.8, 4) is 5.75 Å². The van der Waals surface area contributed by atoms with Crippen molar-refractivity contribution in [2.75, 3.05) is 6.54 Å². The molecule has 0 saturated heterocycles. The van der Waals surface area contributed by atoms with Gasteiger partial charge in [-0.25, -0.2) is 0 Å². The van der Waals surface area contributed by atoms with Gasteiger partial charge < -0.3 is 15.2 Å². The van der Waals surface area contributed by atoms with Gasteiger partial charge in [-0.15, -0.1) is 12.4 Å². The van der Waals surface area contributed by atoms with Crippen LogP contribution >= 0.6 is 51.5 Å². The first-order valence-corrected chi connectivity index (χ1v) is 10.4. The molecule has 29 heavy (non-hydrogen) atoms. The fraction of sp³-hybridized carbons (Fsp3) is 0.182. The van der Waals surface area contributed by atoms with E-state index in [1.807, 2.05) is 54.6 Å². The highest BCUT2D eigenvalue weighted by Gasteiger charge is 2.10. The zero-order chi connectivity index (χ0) is 19.9. The van der Waals surface area contributed by atoms with Gasteiger partial charge in [-0.3, -0.25) is 0 Å². The minimum atomic E-state index is -0.564. The third-order valence-electron chi connectivity index (χ3n) is 4.26. The van der Waals surface area contributed by atoms with Gasteiger partial charge in [-0.2, -0.15) is 0 Å². The first kappa shape index (κ1) is 24.0. The van der Waals surface area contributed by atoms with E-state index in [-0.39, 0.29) is 12.4 Å². The molecular weight excluding hydrogens is 497 g/mol. The lowest BCUT2D eigenvalue weighted by molar-refractivity contribution is 0.174. The molecule has 2 N–H and O–H groups in total. The van der Waals surface area contributed by atoms with Crippen molar-refractivity contribution in [2.24, 2.45) is 0 Å². The second-order valence-electron chi connectivity index (χ2n) is 6.33. The third kappa shape index (κ3) is 7.18. The van der Waals surface area contributed by atoms with Gasteiger partial charge in [0.15, 0.2) is 0 Å². The average Bonchev–Trinajstić information content (AvgIpc) is 2.69. The van der Waals surface area contributed by atoms with Crippen molar-refractivity contribution in [3.63, 3.8) is 0 Å². The summed E-state index contributed by atoms with van der Waals surface area (Å²) in [6.45, 7) is 1.35. The van der Waals surface area contributed by atoms with E-state index in [1.165, 1.54) is 0 Å². The van der Waals surface area contributed by atoms with Crippen molar-refractivity contribution >= 4 is 51.5 Å². The molecule has 3 nitrogen and oxygen atoms in total. The monoisotopic (exact) mass is 515 g/mol. The van der Waals surface area contributed by atoms with Gasteiger partial charge in [0.05, 0.1) is 6.10 Å². The van der Waals surface area contributed by atoms with Crippen LogP contribution in [0.3, 0.4) is 0 Å². The second kappa shape index (κ2) is 11.8. The minimum absolute atomic E-state index is 0. The van der Waals surface area contributed by atoms with Crippen LogP contribution in [-0.4, -0.2) is 11.7 Å². The summed E-state index contributed by atoms with van der Waals surface area (Å²) in [5.41, 5.74) is 2.74. The molecule has 0 aliphatic carbocycles. The smallest absolute Gasteiger partial charge is 0.124 e. The van der Waals surface area contributed by atoms with Crippen molar-refractivity contribution in [1.82, 2.24) is 5.32 Å². The fourth-order valence-corrected chi connectivity index (χ4v) is 3.63. The number of aliphatic hydroxyl groups is 1. The molecule has 1 unspecified atom stereocenters. The molecule has 0 spiro atoms. The van der Waals surface area contributed by atoms with Crippen molar-refractivity contribution < 1.29 is 9.84 Å². The molecule has 0 aliphatic rings. The summed E-state index contributed by atoms with van der Waals surface area (Å²) in [4.78, 5) is 0. The maximum absolute atomic E-state index is 10.3. The number of rotatable bonds is 8. The predicted molar refractivity (Wildman–Crippen MR) is 125 cm³/mol. The van der Waals surface area contributed by atoms with E-state index < -0.39 is 6.10 Å². The van der Waals surface area contributed by atoms with E-state index in [2.05, 4.69) is 21.2 Å². The molecule has 3 rings (SSSR count). The van der Waals surface area contributed by atoms with Crippen LogP contribution in [0.15, 0.2) is 71.2 Å². The predicted octanol–water partition coefficient (Wildman–Crippen LogP) is 6.58. The van der Waals surface area contributed by atoms with Crippen LogP contribution < -0.4 is 10.1 Å². The van der Waals surface area contributed by atoms with Crippen LogP contribution in [0.2, 0.25) is 10.0 Å². The first-order chi connectivity index (χ1) is 13.5. The second-order valence-corrected chi connectivity index (χ2v) is 8.09. The molecule has 0 saturated carbocycles. The quantitative estimate of drug-likeness (QED) is 0.355. The van der Waals surface area contributed by atoms with Crippen molar-refractivity contribution in [2.45, 2.75) is 19.3 Å². The molecule has 3 aromatic rings. The number of benzene rings is 3. The van der Waals surface area contributed by atoms with Crippen LogP contribution in [0.25, 0.3) is 0 Å². The Morgan fingerprint density at radius 1 is 0.966 bits per heavy atom. The van der Waals surface area contributed by atoms with Gasteiger partial charge in [0.25, 0.3) is 0 Å². The zero-order valence-corrected chi connectivity index (χ0v) is 19.4. The summed E-state index contributed by atoms with van der Waals surface area (Å²) < 4.78 is 6.95. The Kier molecular flexibility index (Phi) is 9.76. The number of hydrogen-bond donors (Lipinski definition) is 2. The maximum atomic E-state index is 10.3. The highest BCUT2D eigenvalue weighted by atomic mass is 79.9. The Bertz CT molecular complexity index is 925. The van der Waals surface area contributed by atoms with Crippen molar-refractivity contribution in [3.05, 3.63) is 97.9 Å². The number of nitrogens with one attached hydrogen (secondary N) is 1. The van der Waals surface area contributed by atoms with Gasteiger partial charge in [0.1, 0.15) is 12.4 Å². The molecule has 154 valence electrons. The molecule has 0 heterocycles. The molecule has 0 bridgehead atoms. The molecule has 0 fully saturated rings.